The fourth-order valence-corrected chi connectivity index (χ4v) is 3.11. The zero-order valence-corrected chi connectivity index (χ0v) is 13.4. The number of nitrogens with one attached hydrogen (secondary N) is 1. The van der Waals surface area contributed by atoms with Gasteiger partial charge in [0.05, 0.1) is 0 Å². The van der Waals surface area contributed by atoms with Crippen LogP contribution in [0.15, 0.2) is 28.7 Å². The molecule has 3 N–H and O–H groups in total. The number of hydrogen-bond donors (Lipinski definition) is 2. The van der Waals surface area contributed by atoms with Crippen molar-refractivity contribution >= 4 is 21.6 Å². The largest absolute Gasteiger partial charge is 0.381 e. The van der Waals surface area contributed by atoms with Gasteiger partial charge in [0.1, 0.15) is 0 Å². The SMILES string of the molecule is CC(C)(N)CN1CCCC(Nc2cccc(Br)c2)C1. The van der Waals surface area contributed by atoms with E-state index < -0.39 is 0 Å². The van der Waals surface area contributed by atoms with E-state index in [0.717, 1.165) is 24.1 Å². The average molecular weight is 326 g/mol. The molecular formula is C15H24BrN3. The lowest BCUT2D eigenvalue weighted by Crippen LogP contribution is -2.50. The zero-order valence-electron chi connectivity index (χ0n) is 11.8. The molecule has 1 fully saturated rings. The third-order valence-electron chi connectivity index (χ3n) is 3.33. The van der Waals surface area contributed by atoms with Crippen molar-refractivity contribution in [3.63, 3.8) is 0 Å². The third-order valence-corrected chi connectivity index (χ3v) is 3.83. The molecule has 0 aromatic heterocycles. The summed E-state index contributed by atoms with van der Waals surface area (Å²) >= 11 is 3.51. The Kier molecular flexibility index (Phi) is 4.87. The molecule has 1 heterocycles. The van der Waals surface area contributed by atoms with Crippen molar-refractivity contribution in [3.8, 4) is 0 Å². The number of likely N-dealkylation sites (tertiary alicyclic amines) is 1. The molecule has 2 rings (SSSR count). The van der Waals surface area contributed by atoms with Crippen LogP contribution in [0.1, 0.15) is 26.7 Å². The van der Waals surface area contributed by atoms with Crippen LogP contribution in [0.5, 0.6) is 0 Å². The Bertz CT molecular complexity index is 414. The molecule has 1 aromatic rings. The van der Waals surface area contributed by atoms with Crippen LogP contribution in [0.25, 0.3) is 0 Å². The maximum absolute atomic E-state index is 6.12. The molecule has 106 valence electrons. The lowest BCUT2D eigenvalue weighted by Gasteiger charge is -2.37. The minimum atomic E-state index is -0.113. The summed E-state index contributed by atoms with van der Waals surface area (Å²) in [4.78, 5) is 2.47. The summed E-state index contributed by atoms with van der Waals surface area (Å²) in [5.41, 5.74) is 7.19. The summed E-state index contributed by atoms with van der Waals surface area (Å²) in [5.74, 6) is 0. The van der Waals surface area contributed by atoms with Crippen LogP contribution in [0.2, 0.25) is 0 Å². The van der Waals surface area contributed by atoms with Gasteiger partial charge >= 0.3 is 0 Å². The smallest absolute Gasteiger partial charge is 0.0388 e. The van der Waals surface area contributed by atoms with Crippen LogP contribution in [0, 0.1) is 0 Å². The molecule has 1 unspecified atom stereocenters. The maximum atomic E-state index is 6.12. The highest BCUT2D eigenvalue weighted by Crippen LogP contribution is 2.20. The minimum Gasteiger partial charge on any atom is -0.381 e. The summed E-state index contributed by atoms with van der Waals surface area (Å²) in [6.45, 7) is 7.39. The number of anilines is 1. The summed E-state index contributed by atoms with van der Waals surface area (Å²) < 4.78 is 1.12. The quantitative estimate of drug-likeness (QED) is 0.893. The van der Waals surface area contributed by atoms with Gasteiger partial charge in [-0.2, -0.15) is 0 Å². The monoisotopic (exact) mass is 325 g/mol. The van der Waals surface area contributed by atoms with Crippen molar-refractivity contribution in [2.45, 2.75) is 38.3 Å². The highest BCUT2D eigenvalue weighted by atomic mass is 79.9. The first-order valence-corrected chi connectivity index (χ1v) is 7.75. The van der Waals surface area contributed by atoms with E-state index in [1.165, 1.54) is 18.5 Å². The molecule has 1 aliphatic heterocycles. The molecule has 4 heteroatoms. The van der Waals surface area contributed by atoms with E-state index in [9.17, 15) is 0 Å². The molecule has 19 heavy (non-hydrogen) atoms. The van der Waals surface area contributed by atoms with Crippen molar-refractivity contribution in [3.05, 3.63) is 28.7 Å². The number of benzene rings is 1. The second-order valence-corrected chi connectivity index (χ2v) is 7.13. The molecule has 1 aliphatic rings. The normalized spacial score (nSPS) is 21.4. The van der Waals surface area contributed by atoms with Crippen LogP contribution >= 0.6 is 15.9 Å². The predicted molar refractivity (Wildman–Crippen MR) is 85.5 cm³/mol. The van der Waals surface area contributed by atoms with Gasteiger partial charge in [-0.15, -0.1) is 0 Å². The predicted octanol–water partition coefficient (Wildman–Crippen LogP) is 3.06. The van der Waals surface area contributed by atoms with Gasteiger partial charge in [0.25, 0.3) is 0 Å². The van der Waals surface area contributed by atoms with Crippen LogP contribution in [0.3, 0.4) is 0 Å². The van der Waals surface area contributed by atoms with Crippen LogP contribution in [-0.4, -0.2) is 36.1 Å². The van der Waals surface area contributed by atoms with Crippen LogP contribution in [-0.2, 0) is 0 Å². The van der Waals surface area contributed by atoms with E-state index in [-0.39, 0.29) is 5.54 Å². The third kappa shape index (κ3) is 5.13. The van der Waals surface area contributed by atoms with E-state index >= 15 is 0 Å². The van der Waals surface area contributed by atoms with E-state index in [1.54, 1.807) is 0 Å². The molecule has 0 saturated carbocycles. The highest BCUT2D eigenvalue weighted by Gasteiger charge is 2.23. The van der Waals surface area contributed by atoms with Crippen molar-refractivity contribution in [1.29, 1.82) is 0 Å². The Labute approximate surface area is 124 Å². The summed E-state index contributed by atoms with van der Waals surface area (Å²) in [6, 6.07) is 8.89. The molecule has 0 spiro atoms. The standard InChI is InChI=1S/C15H24BrN3/c1-15(2,17)11-19-8-4-7-14(10-19)18-13-6-3-5-12(16)9-13/h3,5-6,9,14,18H,4,7-8,10-11,17H2,1-2H3. The van der Waals surface area contributed by atoms with Gasteiger partial charge in [-0.05, 0) is 51.4 Å². The van der Waals surface area contributed by atoms with E-state index in [2.05, 4.69) is 64.3 Å². The second-order valence-electron chi connectivity index (χ2n) is 6.22. The molecule has 1 aromatic carbocycles. The van der Waals surface area contributed by atoms with Gasteiger partial charge in [-0.3, -0.25) is 4.90 Å². The van der Waals surface area contributed by atoms with Gasteiger partial charge < -0.3 is 11.1 Å². The Balaban J connectivity index is 1.91. The first-order valence-electron chi connectivity index (χ1n) is 6.96. The Hall–Kier alpha value is -0.580. The molecular weight excluding hydrogens is 302 g/mol. The van der Waals surface area contributed by atoms with Gasteiger partial charge in [0.15, 0.2) is 0 Å². The lowest BCUT2D eigenvalue weighted by molar-refractivity contribution is 0.182. The molecule has 1 saturated heterocycles. The van der Waals surface area contributed by atoms with Crippen molar-refractivity contribution in [2.75, 3.05) is 25.0 Å². The fraction of sp³-hybridized carbons (Fsp3) is 0.600. The van der Waals surface area contributed by atoms with Crippen LogP contribution in [0.4, 0.5) is 5.69 Å². The summed E-state index contributed by atoms with van der Waals surface area (Å²) in [7, 11) is 0. The van der Waals surface area contributed by atoms with E-state index in [4.69, 9.17) is 5.73 Å². The summed E-state index contributed by atoms with van der Waals surface area (Å²) in [6.07, 6.45) is 2.47. The Morgan fingerprint density at radius 1 is 1.47 bits per heavy atom. The summed E-state index contributed by atoms with van der Waals surface area (Å²) in [5, 5.41) is 3.62. The average Bonchev–Trinajstić information content (AvgIpc) is 2.27. The van der Waals surface area contributed by atoms with Gasteiger partial charge in [-0.25, -0.2) is 0 Å². The maximum Gasteiger partial charge on any atom is 0.0388 e. The molecule has 3 nitrogen and oxygen atoms in total. The number of halogens is 1. The van der Waals surface area contributed by atoms with Gasteiger partial charge in [-0.1, -0.05) is 22.0 Å². The topological polar surface area (TPSA) is 41.3 Å². The number of hydrogen-bond acceptors (Lipinski definition) is 3. The van der Waals surface area contributed by atoms with Crippen molar-refractivity contribution in [1.82, 2.24) is 4.90 Å². The highest BCUT2D eigenvalue weighted by molar-refractivity contribution is 9.10. The second kappa shape index (κ2) is 6.25. The van der Waals surface area contributed by atoms with E-state index in [1.807, 2.05) is 0 Å². The van der Waals surface area contributed by atoms with E-state index in [0.29, 0.717) is 6.04 Å². The fourth-order valence-electron chi connectivity index (χ4n) is 2.71. The van der Waals surface area contributed by atoms with Crippen molar-refractivity contribution < 1.29 is 0 Å². The molecule has 1 atom stereocenters. The molecule has 0 radical (unpaired) electrons. The number of nitrogens with two attached hydrogens (primary N) is 1. The number of nitrogens with zero attached hydrogens (tertiary/aromatic N) is 1. The molecule has 0 bridgehead atoms. The number of piperidine rings is 1. The van der Waals surface area contributed by atoms with Crippen LogP contribution < -0.4 is 11.1 Å². The lowest BCUT2D eigenvalue weighted by atomic mass is 10.0. The molecule has 0 aliphatic carbocycles. The zero-order chi connectivity index (χ0) is 13.9. The first kappa shape index (κ1) is 14.8. The minimum absolute atomic E-state index is 0.113. The number of rotatable bonds is 4. The first-order chi connectivity index (χ1) is 8.92. The van der Waals surface area contributed by atoms with Gasteiger partial charge in [0, 0.05) is 34.8 Å². The Morgan fingerprint density at radius 3 is 2.95 bits per heavy atom. The molecule has 0 amide bonds. The van der Waals surface area contributed by atoms with Gasteiger partial charge in [0.2, 0.25) is 0 Å². The Morgan fingerprint density at radius 2 is 2.26 bits per heavy atom. The van der Waals surface area contributed by atoms with Crippen molar-refractivity contribution in [2.24, 2.45) is 5.73 Å².